The van der Waals surface area contributed by atoms with Crippen molar-refractivity contribution in [1.82, 2.24) is 0 Å². The van der Waals surface area contributed by atoms with Crippen molar-refractivity contribution in [2.45, 2.75) is 4.90 Å². The molecule has 0 aliphatic carbocycles. The highest BCUT2D eigenvalue weighted by atomic mass is 32.2. The van der Waals surface area contributed by atoms with E-state index in [1.165, 1.54) is 42.5 Å². The van der Waals surface area contributed by atoms with E-state index in [2.05, 4.69) is 10.2 Å². The molecule has 3 rings (SSSR count). The number of hydrogen-bond donors (Lipinski definition) is 3. The highest BCUT2D eigenvalue weighted by molar-refractivity contribution is 7.86. The van der Waals surface area contributed by atoms with E-state index in [0.29, 0.717) is 0 Å². The van der Waals surface area contributed by atoms with E-state index in [1.54, 1.807) is 0 Å². The number of anilines is 1. The molecule has 0 amide bonds. The average molecular weight is 388 g/mol. The zero-order valence-electron chi connectivity index (χ0n) is 13.5. The molecule has 0 heterocycles. The van der Waals surface area contributed by atoms with E-state index in [1.807, 2.05) is 0 Å². The maximum absolute atomic E-state index is 11.7. The lowest BCUT2D eigenvalue weighted by molar-refractivity contribution is -0.384. The zero-order chi connectivity index (χ0) is 19.8. The Morgan fingerprint density at radius 1 is 1.07 bits per heavy atom. The van der Waals surface area contributed by atoms with Crippen LogP contribution in [-0.2, 0) is 10.1 Å². The minimum Gasteiger partial charge on any atom is -0.507 e. The van der Waals surface area contributed by atoms with Gasteiger partial charge >= 0.3 is 0 Å². The molecule has 3 aromatic carbocycles. The number of nitro benzene ring substituents is 1. The first kappa shape index (κ1) is 18.2. The van der Waals surface area contributed by atoms with Crippen molar-refractivity contribution < 1.29 is 23.0 Å². The molecule has 0 aromatic heterocycles. The molecule has 0 spiro atoms. The minimum atomic E-state index is -4.63. The minimum absolute atomic E-state index is 0.00488. The van der Waals surface area contributed by atoms with Gasteiger partial charge in [0.2, 0.25) is 0 Å². The maximum atomic E-state index is 11.7. The van der Waals surface area contributed by atoms with Crippen LogP contribution in [0.2, 0.25) is 0 Å². The maximum Gasteiger partial charge on any atom is 0.295 e. The van der Waals surface area contributed by atoms with Crippen LogP contribution in [0.5, 0.6) is 5.75 Å². The molecule has 0 bridgehead atoms. The van der Waals surface area contributed by atoms with Gasteiger partial charge in [-0.1, -0.05) is 12.1 Å². The largest absolute Gasteiger partial charge is 0.507 e. The molecule has 0 aliphatic heterocycles. The molecule has 27 heavy (non-hydrogen) atoms. The van der Waals surface area contributed by atoms with E-state index in [-0.39, 0.29) is 39.3 Å². The van der Waals surface area contributed by atoms with E-state index < -0.39 is 19.9 Å². The molecule has 0 atom stereocenters. The number of nitro groups is 1. The van der Waals surface area contributed by atoms with Gasteiger partial charge in [0, 0.05) is 17.5 Å². The quantitative estimate of drug-likeness (QED) is 0.201. The van der Waals surface area contributed by atoms with Gasteiger partial charge in [-0.15, -0.1) is 5.11 Å². The highest BCUT2D eigenvalue weighted by Crippen LogP contribution is 2.40. The van der Waals surface area contributed by atoms with Crippen LogP contribution in [0.25, 0.3) is 10.8 Å². The van der Waals surface area contributed by atoms with Gasteiger partial charge in [0.15, 0.2) is 0 Å². The third kappa shape index (κ3) is 3.54. The number of azo groups is 1. The number of aromatic hydroxyl groups is 1. The Morgan fingerprint density at radius 2 is 1.74 bits per heavy atom. The van der Waals surface area contributed by atoms with Crippen LogP contribution in [0.15, 0.2) is 63.7 Å². The zero-order valence-corrected chi connectivity index (χ0v) is 14.3. The molecule has 0 fully saturated rings. The summed E-state index contributed by atoms with van der Waals surface area (Å²) < 4.78 is 32.9. The number of hydrogen-bond acceptors (Lipinski definition) is 8. The molecule has 0 aliphatic rings. The van der Waals surface area contributed by atoms with Crippen molar-refractivity contribution in [3.8, 4) is 5.75 Å². The van der Waals surface area contributed by atoms with Crippen LogP contribution in [0.1, 0.15) is 0 Å². The molecular formula is C16H12N4O6S. The number of nitrogens with zero attached hydrogens (tertiary/aromatic N) is 3. The summed E-state index contributed by atoms with van der Waals surface area (Å²) in [5.74, 6) is -0.290. The smallest absolute Gasteiger partial charge is 0.295 e. The summed E-state index contributed by atoms with van der Waals surface area (Å²) in [4.78, 5) is 9.60. The molecular weight excluding hydrogens is 376 g/mol. The fourth-order valence-electron chi connectivity index (χ4n) is 2.49. The van der Waals surface area contributed by atoms with Gasteiger partial charge in [-0.05, 0) is 24.3 Å². The number of benzene rings is 3. The summed E-state index contributed by atoms with van der Waals surface area (Å²) in [6.45, 7) is 0. The Labute approximate surface area is 152 Å². The molecule has 10 nitrogen and oxygen atoms in total. The van der Waals surface area contributed by atoms with E-state index >= 15 is 0 Å². The standard InChI is InChI=1S/C16H12N4O6S/c17-16-12(19-18-9-4-6-10(7-5-9)20(22)23)8-14(27(24,25)26)11-2-1-3-13(21)15(11)16/h1-8,21H,17H2,(H,24,25,26). The topological polar surface area (TPSA) is 168 Å². The van der Waals surface area contributed by atoms with Crippen molar-refractivity contribution in [1.29, 1.82) is 0 Å². The average Bonchev–Trinajstić information content (AvgIpc) is 2.60. The lowest BCUT2D eigenvalue weighted by Gasteiger charge is -2.10. The van der Waals surface area contributed by atoms with E-state index in [9.17, 15) is 28.2 Å². The molecule has 0 radical (unpaired) electrons. The lowest BCUT2D eigenvalue weighted by atomic mass is 10.1. The lowest BCUT2D eigenvalue weighted by Crippen LogP contribution is -2.01. The Hall–Kier alpha value is -3.57. The summed E-state index contributed by atoms with van der Waals surface area (Å²) in [6.07, 6.45) is 0. The number of phenolic OH excluding ortho intramolecular Hbond substituents is 1. The predicted molar refractivity (Wildman–Crippen MR) is 97.1 cm³/mol. The van der Waals surface area contributed by atoms with E-state index in [0.717, 1.165) is 6.07 Å². The number of rotatable bonds is 4. The number of nitrogens with two attached hydrogens (primary N) is 1. The molecule has 138 valence electrons. The van der Waals surface area contributed by atoms with Crippen LogP contribution >= 0.6 is 0 Å². The van der Waals surface area contributed by atoms with Crippen LogP contribution in [0.3, 0.4) is 0 Å². The second kappa shape index (κ2) is 6.63. The second-order valence-corrected chi connectivity index (χ2v) is 6.85. The van der Waals surface area contributed by atoms with Gasteiger partial charge in [-0.25, -0.2) is 0 Å². The Bertz CT molecular complexity index is 1190. The van der Waals surface area contributed by atoms with Crippen molar-refractivity contribution in [2.24, 2.45) is 10.2 Å². The predicted octanol–water partition coefficient (Wildman–Crippen LogP) is 3.70. The van der Waals surface area contributed by atoms with Crippen molar-refractivity contribution in [3.05, 3.63) is 58.6 Å². The van der Waals surface area contributed by atoms with Gasteiger partial charge in [-0.2, -0.15) is 13.5 Å². The number of nitrogen functional groups attached to an aromatic ring is 1. The third-order valence-corrected chi connectivity index (χ3v) is 4.63. The van der Waals surface area contributed by atoms with Crippen molar-refractivity contribution >= 4 is 43.6 Å². The Balaban J connectivity index is 2.15. The summed E-state index contributed by atoms with van der Waals surface area (Å²) in [6, 6.07) is 10.3. The van der Waals surface area contributed by atoms with Gasteiger partial charge in [0.25, 0.3) is 15.8 Å². The summed E-state index contributed by atoms with van der Waals surface area (Å²) >= 11 is 0. The van der Waals surface area contributed by atoms with Gasteiger partial charge in [0.05, 0.1) is 21.7 Å². The van der Waals surface area contributed by atoms with Crippen LogP contribution < -0.4 is 5.73 Å². The highest BCUT2D eigenvalue weighted by Gasteiger charge is 2.20. The Kier molecular flexibility index (Phi) is 4.47. The number of non-ortho nitro benzene ring substituents is 1. The molecule has 0 saturated carbocycles. The molecule has 11 heteroatoms. The summed E-state index contributed by atoms with van der Waals surface area (Å²) in [5, 5.41) is 28.5. The third-order valence-electron chi connectivity index (χ3n) is 3.73. The summed E-state index contributed by atoms with van der Waals surface area (Å²) in [5.41, 5.74) is 5.97. The van der Waals surface area contributed by atoms with Crippen LogP contribution in [-0.4, -0.2) is 23.0 Å². The fourth-order valence-corrected chi connectivity index (χ4v) is 3.19. The normalized spacial score (nSPS) is 11.9. The van der Waals surface area contributed by atoms with Crippen molar-refractivity contribution in [3.63, 3.8) is 0 Å². The number of phenols is 1. The molecule has 3 aromatic rings. The van der Waals surface area contributed by atoms with E-state index in [4.69, 9.17) is 5.73 Å². The molecule has 0 unspecified atom stereocenters. The first-order chi connectivity index (χ1) is 12.7. The Morgan fingerprint density at radius 3 is 2.33 bits per heavy atom. The van der Waals surface area contributed by atoms with Gasteiger partial charge < -0.3 is 10.8 Å². The first-order valence-corrected chi connectivity index (χ1v) is 8.80. The molecule has 0 saturated heterocycles. The monoisotopic (exact) mass is 388 g/mol. The van der Waals surface area contributed by atoms with Crippen LogP contribution in [0.4, 0.5) is 22.7 Å². The fraction of sp³-hybridized carbons (Fsp3) is 0. The first-order valence-electron chi connectivity index (χ1n) is 7.36. The van der Waals surface area contributed by atoms with Gasteiger partial charge in [-0.3, -0.25) is 14.7 Å². The van der Waals surface area contributed by atoms with Crippen LogP contribution in [0, 0.1) is 10.1 Å². The molecule has 4 N–H and O–H groups in total. The SMILES string of the molecule is Nc1c(N=Nc2ccc([N+](=O)[O-])cc2)cc(S(=O)(=O)O)c2cccc(O)c12. The second-order valence-electron chi connectivity index (χ2n) is 5.46. The van der Waals surface area contributed by atoms with Gasteiger partial charge in [0.1, 0.15) is 16.3 Å². The number of fused-ring (bicyclic) bond motifs is 1. The van der Waals surface area contributed by atoms with Crippen molar-refractivity contribution in [2.75, 3.05) is 5.73 Å². The summed E-state index contributed by atoms with van der Waals surface area (Å²) in [7, 11) is -4.63.